The van der Waals surface area contributed by atoms with Gasteiger partial charge in [0.1, 0.15) is 11.5 Å². The van der Waals surface area contributed by atoms with Crippen molar-refractivity contribution >= 4 is 29.1 Å². The third-order valence-corrected chi connectivity index (χ3v) is 6.87. The van der Waals surface area contributed by atoms with E-state index in [4.69, 9.17) is 16.3 Å². The quantitative estimate of drug-likeness (QED) is 0.200. The SMILES string of the molecule is CCCCN(CCCC)CCCN1C(=O)C(=O)/C(=C(\O)c2ccc(Cl)cc2)C1c1ccccc1OC. The highest BCUT2D eigenvalue weighted by atomic mass is 35.5. The van der Waals surface area contributed by atoms with Gasteiger partial charge in [0.05, 0.1) is 18.7 Å². The van der Waals surface area contributed by atoms with E-state index in [-0.39, 0.29) is 11.3 Å². The summed E-state index contributed by atoms with van der Waals surface area (Å²) in [5.74, 6) is -0.942. The molecule has 7 heteroatoms. The van der Waals surface area contributed by atoms with Gasteiger partial charge in [-0.25, -0.2) is 0 Å². The Morgan fingerprint density at radius 2 is 1.58 bits per heavy atom. The van der Waals surface area contributed by atoms with E-state index >= 15 is 0 Å². The molecule has 0 bridgehead atoms. The smallest absolute Gasteiger partial charge is 0.295 e. The molecule has 1 unspecified atom stereocenters. The van der Waals surface area contributed by atoms with Gasteiger partial charge in [-0.2, -0.15) is 0 Å². The van der Waals surface area contributed by atoms with Crippen LogP contribution in [-0.4, -0.2) is 59.9 Å². The number of rotatable bonds is 13. The molecule has 0 aliphatic carbocycles. The van der Waals surface area contributed by atoms with Gasteiger partial charge >= 0.3 is 0 Å². The van der Waals surface area contributed by atoms with Crippen LogP contribution in [0.2, 0.25) is 5.02 Å². The predicted octanol–water partition coefficient (Wildman–Crippen LogP) is 6.06. The number of ketones is 1. The second-order valence-corrected chi connectivity index (χ2v) is 9.58. The van der Waals surface area contributed by atoms with Gasteiger partial charge in [-0.15, -0.1) is 0 Å². The average molecular weight is 513 g/mol. The van der Waals surface area contributed by atoms with Crippen molar-refractivity contribution in [1.82, 2.24) is 9.80 Å². The number of hydrogen-bond acceptors (Lipinski definition) is 5. The molecule has 0 saturated carbocycles. The number of benzene rings is 2. The lowest BCUT2D eigenvalue weighted by atomic mass is 9.94. The van der Waals surface area contributed by atoms with Crippen molar-refractivity contribution in [3.05, 3.63) is 70.3 Å². The molecule has 1 amide bonds. The molecule has 0 aromatic heterocycles. The number of para-hydroxylation sites is 1. The summed E-state index contributed by atoms with van der Waals surface area (Å²) in [4.78, 5) is 30.6. The number of carbonyl (C=O) groups is 2. The van der Waals surface area contributed by atoms with Gasteiger partial charge in [-0.3, -0.25) is 9.59 Å². The van der Waals surface area contributed by atoms with Crippen LogP contribution in [0.25, 0.3) is 5.76 Å². The largest absolute Gasteiger partial charge is 0.507 e. The van der Waals surface area contributed by atoms with Crippen molar-refractivity contribution in [2.45, 2.75) is 52.0 Å². The predicted molar refractivity (Wildman–Crippen MR) is 144 cm³/mol. The molecule has 6 nitrogen and oxygen atoms in total. The maximum atomic E-state index is 13.3. The van der Waals surface area contributed by atoms with E-state index in [1.54, 1.807) is 42.3 Å². The van der Waals surface area contributed by atoms with Crippen molar-refractivity contribution in [1.29, 1.82) is 0 Å². The number of nitrogens with zero attached hydrogens (tertiary/aromatic N) is 2. The van der Waals surface area contributed by atoms with Gasteiger partial charge in [0.25, 0.3) is 11.7 Å². The van der Waals surface area contributed by atoms with Crippen LogP contribution >= 0.6 is 11.6 Å². The van der Waals surface area contributed by atoms with Gasteiger partial charge in [-0.1, -0.05) is 56.5 Å². The topological polar surface area (TPSA) is 70.1 Å². The third-order valence-electron chi connectivity index (χ3n) is 6.62. The number of hydrogen-bond donors (Lipinski definition) is 1. The molecule has 1 N–H and O–H groups in total. The van der Waals surface area contributed by atoms with E-state index < -0.39 is 17.7 Å². The van der Waals surface area contributed by atoms with Crippen LogP contribution < -0.4 is 4.74 Å². The summed E-state index contributed by atoms with van der Waals surface area (Å²) in [6, 6.07) is 13.2. The zero-order valence-electron chi connectivity index (χ0n) is 21.5. The van der Waals surface area contributed by atoms with Crippen molar-refractivity contribution in [2.24, 2.45) is 0 Å². The fourth-order valence-electron chi connectivity index (χ4n) is 4.65. The van der Waals surface area contributed by atoms with Crippen LogP contribution in [0.1, 0.15) is 63.1 Å². The van der Waals surface area contributed by atoms with Gasteiger partial charge < -0.3 is 19.6 Å². The van der Waals surface area contributed by atoms with E-state index in [1.807, 2.05) is 18.2 Å². The van der Waals surface area contributed by atoms with Crippen molar-refractivity contribution in [3.63, 3.8) is 0 Å². The highest BCUT2D eigenvalue weighted by Gasteiger charge is 2.46. The highest BCUT2D eigenvalue weighted by molar-refractivity contribution is 6.46. The van der Waals surface area contributed by atoms with Crippen LogP contribution in [0.3, 0.4) is 0 Å². The van der Waals surface area contributed by atoms with Crippen LogP contribution in [0.5, 0.6) is 5.75 Å². The molecular weight excluding hydrogens is 476 g/mol. The number of aliphatic hydroxyl groups excluding tert-OH is 1. The van der Waals surface area contributed by atoms with Crippen LogP contribution in [-0.2, 0) is 9.59 Å². The van der Waals surface area contributed by atoms with E-state index in [9.17, 15) is 14.7 Å². The van der Waals surface area contributed by atoms with E-state index in [1.165, 1.54) is 0 Å². The fraction of sp³-hybridized carbons (Fsp3) is 0.448. The summed E-state index contributed by atoms with van der Waals surface area (Å²) in [6.07, 6.45) is 5.27. The molecule has 36 heavy (non-hydrogen) atoms. The van der Waals surface area contributed by atoms with Crippen LogP contribution in [0.15, 0.2) is 54.1 Å². The third kappa shape index (κ3) is 6.48. The minimum absolute atomic E-state index is 0.0700. The number of amides is 1. The van der Waals surface area contributed by atoms with Gasteiger partial charge in [-0.05, 0) is 69.2 Å². The number of Topliss-reactive ketones (excluding diaryl/α,β-unsaturated/α-hetero) is 1. The van der Waals surface area contributed by atoms with Crippen molar-refractivity contribution < 1.29 is 19.4 Å². The van der Waals surface area contributed by atoms with Crippen molar-refractivity contribution in [3.8, 4) is 5.75 Å². The Balaban J connectivity index is 1.95. The molecule has 0 spiro atoms. The lowest BCUT2D eigenvalue weighted by Gasteiger charge is -2.28. The van der Waals surface area contributed by atoms with E-state index in [0.717, 1.165) is 51.7 Å². The second-order valence-electron chi connectivity index (χ2n) is 9.14. The molecule has 2 aromatic rings. The summed E-state index contributed by atoms with van der Waals surface area (Å²) in [5.41, 5.74) is 1.17. The molecule has 3 rings (SSSR count). The van der Waals surface area contributed by atoms with Crippen molar-refractivity contribution in [2.75, 3.05) is 33.3 Å². The number of halogens is 1. The Hall–Kier alpha value is -2.83. The summed E-state index contributed by atoms with van der Waals surface area (Å²) in [5, 5.41) is 11.7. The minimum atomic E-state index is -0.739. The zero-order chi connectivity index (χ0) is 26.1. The Bertz CT molecular complexity index is 1060. The number of likely N-dealkylation sites (tertiary alicyclic amines) is 1. The summed E-state index contributed by atoms with van der Waals surface area (Å²) < 4.78 is 5.58. The molecule has 1 heterocycles. The number of unbranched alkanes of at least 4 members (excludes halogenated alkanes) is 2. The first kappa shape index (κ1) is 27.8. The Morgan fingerprint density at radius 1 is 0.972 bits per heavy atom. The van der Waals surface area contributed by atoms with Gasteiger partial charge in [0.15, 0.2) is 0 Å². The summed E-state index contributed by atoms with van der Waals surface area (Å²) in [7, 11) is 1.56. The Labute approximate surface area is 219 Å². The zero-order valence-corrected chi connectivity index (χ0v) is 22.3. The highest BCUT2D eigenvalue weighted by Crippen LogP contribution is 2.42. The molecule has 1 aliphatic rings. The minimum Gasteiger partial charge on any atom is -0.507 e. The first-order chi connectivity index (χ1) is 17.4. The molecule has 1 fully saturated rings. The fourth-order valence-corrected chi connectivity index (χ4v) is 4.78. The molecule has 1 atom stereocenters. The molecule has 194 valence electrons. The van der Waals surface area contributed by atoms with E-state index in [0.29, 0.717) is 28.4 Å². The number of carbonyl (C=O) groups excluding carboxylic acids is 2. The maximum Gasteiger partial charge on any atom is 0.295 e. The summed E-state index contributed by atoms with van der Waals surface area (Å²) >= 11 is 6.01. The van der Waals surface area contributed by atoms with E-state index in [2.05, 4.69) is 18.7 Å². The van der Waals surface area contributed by atoms with Crippen LogP contribution in [0.4, 0.5) is 0 Å². The molecule has 1 aliphatic heterocycles. The average Bonchev–Trinajstić information content (AvgIpc) is 3.14. The summed E-state index contributed by atoms with van der Waals surface area (Å²) in [6.45, 7) is 7.68. The number of aliphatic hydroxyl groups is 1. The molecule has 2 aromatic carbocycles. The Kier molecular flexibility index (Phi) is 10.4. The normalized spacial score (nSPS) is 17.2. The number of ether oxygens (including phenoxy) is 1. The molecule has 0 radical (unpaired) electrons. The van der Waals surface area contributed by atoms with Crippen LogP contribution in [0, 0.1) is 0 Å². The van der Waals surface area contributed by atoms with Gasteiger partial charge in [0, 0.05) is 22.7 Å². The molecule has 1 saturated heterocycles. The number of methoxy groups -OCH3 is 1. The standard InChI is InChI=1S/C29H37ClN2O4/c1-4-6-17-31(18-7-5-2)19-10-20-32-26(23-11-8-9-12-24(23)36-3)25(28(34)29(32)35)27(33)21-13-15-22(30)16-14-21/h8-9,11-16,26,33H,4-7,10,17-20H2,1-3H3/b27-25-. The lowest BCUT2D eigenvalue weighted by Crippen LogP contribution is -2.34. The second kappa shape index (κ2) is 13.5. The first-order valence-electron chi connectivity index (χ1n) is 12.8. The monoisotopic (exact) mass is 512 g/mol. The van der Waals surface area contributed by atoms with Gasteiger partial charge in [0.2, 0.25) is 0 Å². The lowest BCUT2D eigenvalue weighted by molar-refractivity contribution is -0.140. The Morgan fingerprint density at radius 3 is 2.19 bits per heavy atom. The first-order valence-corrected chi connectivity index (χ1v) is 13.2. The molecular formula is C29H37ClN2O4. The maximum absolute atomic E-state index is 13.3.